The third kappa shape index (κ3) is 4.52. The van der Waals surface area contributed by atoms with Crippen molar-refractivity contribution in [2.45, 2.75) is 64.6 Å². The number of esters is 2. The molecule has 4 heteroatoms. The molecular weight excluding hydrogens is 496 g/mol. The van der Waals surface area contributed by atoms with E-state index in [4.69, 9.17) is 9.47 Å². The molecule has 0 N–H and O–H groups in total. The van der Waals surface area contributed by atoms with Gasteiger partial charge in [-0.25, -0.2) is 9.59 Å². The van der Waals surface area contributed by atoms with Crippen molar-refractivity contribution in [2.24, 2.45) is 0 Å². The van der Waals surface area contributed by atoms with Gasteiger partial charge in [0.2, 0.25) is 0 Å². The maximum atomic E-state index is 13.7. The Morgan fingerprint density at radius 2 is 0.950 bits per heavy atom. The van der Waals surface area contributed by atoms with Crippen molar-refractivity contribution in [3.63, 3.8) is 0 Å². The average Bonchev–Trinajstić information content (AvgIpc) is 2.98. The van der Waals surface area contributed by atoms with E-state index in [9.17, 15) is 9.59 Å². The molecule has 0 amide bonds. The zero-order valence-electron chi connectivity index (χ0n) is 23.6. The third-order valence-corrected chi connectivity index (χ3v) is 8.44. The Balaban J connectivity index is 1.46. The monoisotopic (exact) mass is 530 g/mol. The van der Waals surface area contributed by atoms with Crippen LogP contribution in [0.2, 0.25) is 0 Å². The zero-order chi connectivity index (χ0) is 28.1. The first-order chi connectivity index (χ1) is 19.2. The normalized spacial score (nSPS) is 22.6. The van der Waals surface area contributed by atoms with Gasteiger partial charge in [0.1, 0.15) is 12.2 Å². The van der Waals surface area contributed by atoms with E-state index in [1.807, 2.05) is 76.2 Å². The van der Waals surface area contributed by atoms with Crippen LogP contribution in [0.1, 0.15) is 89.9 Å². The van der Waals surface area contributed by atoms with E-state index in [1.54, 1.807) is 0 Å². The van der Waals surface area contributed by atoms with Gasteiger partial charge < -0.3 is 9.47 Å². The highest BCUT2D eigenvalue weighted by Gasteiger charge is 2.53. The van der Waals surface area contributed by atoms with Crippen LogP contribution in [-0.4, -0.2) is 24.1 Å². The minimum Gasteiger partial charge on any atom is -0.454 e. The fourth-order valence-electron chi connectivity index (χ4n) is 6.85. The van der Waals surface area contributed by atoms with Gasteiger partial charge in [0.05, 0.1) is 11.1 Å². The molecule has 0 saturated carbocycles. The lowest BCUT2D eigenvalue weighted by atomic mass is 9.63. The molecule has 4 nitrogen and oxygen atoms in total. The fourth-order valence-corrected chi connectivity index (χ4v) is 6.85. The molecule has 2 aliphatic carbocycles. The maximum Gasteiger partial charge on any atom is 0.338 e. The summed E-state index contributed by atoms with van der Waals surface area (Å²) in [6, 6.07) is 28.2. The van der Waals surface area contributed by atoms with Gasteiger partial charge in [0.15, 0.2) is 0 Å². The van der Waals surface area contributed by atoms with Gasteiger partial charge in [-0.1, -0.05) is 89.8 Å². The minimum atomic E-state index is -0.673. The van der Waals surface area contributed by atoms with Crippen molar-refractivity contribution in [1.29, 1.82) is 0 Å². The topological polar surface area (TPSA) is 52.6 Å². The highest BCUT2D eigenvalue weighted by Crippen LogP contribution is 2.58. The molecule has 0 aromatic heterocycles. The molecule has 0 fully saturated rings. The fraction of sp³-hybridized carbons (Fsp3) is 0.278. The first-order valence-corrected chi connectivity index (χ1v) is 14.0. The Hall–Kier alpha value is -4.18. The van der Waals surface area contributed by atoms with Crippen molar-refractivity contribution >= 4 is 11.9 Å². The Kier molecular flexibility index (Phi) is 6.58. The molecule has 3 unspecified atom stereocenters. The second kappa shape index (κ2) is 10.1. The van der Waals surface area contributed by atoms with Crippen molar-refractivity contribution in [3.05, 3.63) is 141 Å². The molecule has 0 heterocycles. The van der Waals surface area contributed by atoms with Crippen LogP contribution in [0.3, 0.4) is 0 Å². The van der Waals surface area contributed by atoms with Crippen LogP contribution in [0.25, 0.3) is 0 Å². The van der Waals surface area contributed by atoms with Crippen LogP contribution in [0.4, 0.5) is 0 Å². The molecule has 5 atom stereocenters. The summed E-state index contributed by atoms with van der Waals surface area (Å²) in [5.41, 5.74) is 9.71. The summed E-state index contributed by atoms with van der Waals surface area (Å²) in [6.45, 7) is 9.96. The summed E-state index contributed by atoms with van der Waals surface area (Å²) in [5.74, 6) is -1.07. The van der Waals surface area contributed by atoms with Gasteiger partial charge in [-0.15, -0.1) is 0 Å². The van der Waals surface area contributed by atoms with Crippen LogP contribution < -0.4 is 0 Å². The summed E-state index contributed by atoms with van der Waals surface area (Å²) < 4.78 is 12.8. The predicted octanol–water partition coefficient (Wildman–Crippen LogP) is 7.72. The van der Waals surface area contributed by atoms with Crippen LogP contribution >= 0.6 is 0 Å². The van der Waals surface area contributed by atoms with Crippen molar-refractivity contribution in [1.82, 2.24) is 0 Å². The first-order valence-electron chi connectivity index (χ1n) is 14.0. The summed E-state index contributed by atoms with van der Waals surface area (Å²) >= 11 is 0. The smallest absolute Gasteiger partial charge is 0.338 e. The van der Waals surface area contributed by atoms with E-state index >= 15 is 0 Å². The molecule has 4 aromatic rings. The van der Waals surface area contributed by atoms with E-state index in [0.29, 0.717) is 11.1 Å². The van der Waals surface area contributed by atoms with Crippen molar-refractivity contribution in [2.75, 3.05) is 0 Å². The molecule has 202 valence electrons. The average molecular weight is 531 g/mol. The van der Waals surface area contributed by atoms with Gasteiger partial charge in [-0.2, -0.15) is 0 Å². The van der Waals surface area contributed by atoms with Crippen LogP contribution in [-0.2, 0) is 9.47 Å². The van der Waals surface area contributed by atoms with Crippen molar-refractivity contribution in [3.8, 4) is 0 Å². The predicted molar refractivity (Wildman–Crippen MR) is 156 cm³/mol. The Bertz CT molecular complexity index is 1590. The molecule has 4 aromatic carbocycles. The zero-order valence-corrected chi connectivity index (χ0v) is 23.6. The van der Waals surface area contributed by atoms with Gasteiger partial charge in [-0.3, -0.25) is 0 Å². The van der Waals surface area contributed by atoms with E-state index in [-0.39, 0.29) is 17.8 Å². The number of fused-ring (bicyclic) bond motifs is 6. The third-order valence-electron chi connectivity index (χ3n) is 8.44. The number of ether oxygens (including phenoxy) is 2. The molecular formula is C36H34O4. The lowest BCUT2D eigenvalue weighted by molar-refractivity contribution is -0.0544. The molecule has 6 rings (SSSR count). The van der Waals surface area contributed by atoms with E-state index < -0.39 is 24.1 Å². The SMILES string of the molecule is Cc1cc(C)cc(C(=O)OC2C(C)c3ccccc3[C@@H]3c4ccccc4[C@@H]3C2OC(=O)c2cc(C)cc(C)c2)c1. The Morgan fingerprint density at radius 1 is 0.550 bits per heavy atom. The number of rotatable bonds is 4. The van der Waals surface area contributed by atoms with E-state index in [2.05, 4.69) is 43.3 Å². The largest absolute Gasteiger partial charge is 0.454 e. The summed E-state index contributed by atoms with van der Waals surface area (Å²) in [5, 5.41) is 0. The second-order valence-electron chi connectivity index (χ2n) is 11.5. The van der Waals surface area contributed by atoms with Crippen molar-refractivity contribution < 1.29 is 19.1 Å². The van der Waals surface area contributed by atoms with Crippen LogP contribution in [0.15, 0.2) is 84.9 Å². The summed E-state index contributed by atoms with van der Waals surface area (Å²) in [6.07, 6.45) is -1.34. The number of carbonyl (C=O) groups is 2. The first kappa shape index (κ1) is 26.1. The lowest BCUT2D eigenvalue weighted by Crippen LogP contribution is -2.45. The summed E-state index contributed by atoms with van der Waals surface area (Å²) in [7, 11) is 0. The number of benzene rings is 4. The minimum absolute atomic E-state index is 0.0526. The summed E-state index contributed by atoms with van der Waals surface area (Å²) in [4.78, 5) is 27.4. The second-order valence-corrected chi connectivity index (χ2v) is 11.5. The number of carbonyl (C=O) groups excluding carboxylic acids is 2. The van der Waals surface area contributed by atoms with E-state index in [0.717, 1.165) is 33.4 Å². The molecule has 0 radical (unpaired) electrons. The van der Waals surface area contributed by atoms with Crippen LogP contribution in [0, 0.1) is 27.7 Å². The lowest BCUT2D eigenvalue weighted by Gasteiger charge is -2.44. The Labute approximate surface area is 236 Å². The molecule has 0 aliphatic heterocycles. The van der Waals surface area contributed by atoms with Crippen LogP contribution in [0.5, 0.6) is 0 Å². The highest BCUT2D eigenvalue weighted by molar-refractivity contribution is 5.91. The molecule has 2 aliphatic rings. The standard InChI is InChI=1S/C36H34O4/c1-20-14-21(2)17-25(16-20)35(37)39-33-24(5)27-10-6-7-11-28(27)31-29-12-8-9-13-30(29)32(31)34(33)40-36(38)26-18-22(3)15-23(4)19-26/h6-19,24,31-34H,1-5H3/t24?,31-,32+,33?,34?/m1/s1. The molecule has 0 saturated heterocycles. The van der Waals surface area contributed by atoms with Gasteiger partial charge in [-0.05, 0) is 74.2 Å². The quantitative estimate of drug-likeness (QED) is 0.254. The van der Waals surface area contributed by atoms with Gasteiger partial charge in [0.25, 0.3) is 0 Å². The molecule has 0 bridgehead atoms. The maximum absolute atomic E-state index is 13.7. The molecule has 40 heavy (non-hydrogen) atoms. The molecule has 0 spiro atoms. The van der Waals surface area contributed by atoms with Gasteiger partial charge in [0, 0.05) is 17.8 Å². The number of aryl methyl sites for hydroxylation is 4. The number of hydrogen-bond donors (Lipinski definition) is 0. The van der Waals surface area contributed by atoms with E-state index in [1.165, 1.54) is 11.1 Å². The van der Waals surface area contributed by atoms with Gasteiger partial charge >= 0.3 is 11.9 Å². The highest BCUT2D eigenvalue weighted by atomic mass is 16.6. The number of hydrogen-bond acceptors (Lipinski definition) is 4. The Morgan fingerprint density at radius 3 is 1.45 bits per heavy atom.